The van der Waals surface area contributed by atoms with Crippen molar-refractivity contribution >= 4 is 0 Å². The molecule has 2 heteroatoms. The zero-order valence-electron chi connectivity index (χ0n) is 7.34. The molecule has 0 unspecified atom stereocenters. The minimum Gasteiger partial charge on any atom is -0.393 e. The average Bonchev–Trinajstić information content (AvgIpc) is 2.06. The van der Waals surface area contributed by atoms with Crippen LogP contribution in [0.4, 0.5) is 0 Å². The molecular weight excluding hydrogens is 138 g/mol. The standard InChI is InChI=1S/C9H19NO/c1-2-9(11)7-8-5-3-4-6-10-8/h8-11H,2-7H2,1H3/t8-,9-/m1/s1. The van der Waals surface area contributed by atoms with Gasteiger partial charge < -0.3 is 10.4 Å². The zero-order chi connectivity index (χ0) is 8.10. The third kappa shape index (κ3) is 3.21. The molecule has 0 saturated carbocycles. The molecule has 2 N–H and O–H groups in total. The van der Waals surface area contributed by atoms with E-state index in [0.717, 1.165) is 19.4 Å². The van der Waals surface area contributed by atoms with E-state index in [1.54, 1.807) is 0 Å². The summed E-state index contributed by atoms with van der Waals surface area (Å²) in [7, 11) is 0. The summed E-state index contributed by atoms with van der Waals surface area (Å²) in [6, 6.07) is 0.582. The highest BCUT2D eigenvalue weighted by Gasteiger charge is 2.15. The molecule has 0 radical (unpaired) electrons. The van der Waals surface area contributed by atoms with Gasteiger partial charge in [-0.25, -0.2) is 0 Å². The van der Waals surface area contributed by atoms with Gasteiger partial charge in [-0.05, 0) is 32.2 Å². The molecule has 2 atom stereocenters. The normalized spacial score (nSPS) is 28.4. The van der Waals surface area contributed by atoms with E-state index in [2.05, 4.69) is 5.32 Å². The fourth-order valence-electron chi connectivity index (χ4n) is 1.62. The molecule has 66 valence electrons. The molecule has 0 aromatic rings. The monoisotopic (exact) mass is 157 g/mol. The number of rotatable bonds is 3. The number of hydrogen-bond donors (Lipinski definition) is 2. The van der Waals surface area contributed by atoms with Crippen LogP contribution in [0.25, 0.3) is 0 Å². The van der Waals surface area contributed by atoms with Crippen LogP contribution < -0.4 is 5.32 Å². The molecule has 0 bridgehead atoms. The first-order valence-electron chi connectivity index (χ1n) is 4.74. The van der Waals surface area contributed by atoms with Crippen molar-refractivity contribution in [3.05, 3.63) is 0 Å². The molecular formula is C9H19NO. The Kier molecular flexibility index (Phi) is 3.87. The van der Waals surface area contributed by atoms with E-state index in [4.69, 9.17) is 0 Å². The van der Waals surface area contributed by atoms with Gasteiger partial charge in [0.2, 0.25) is 0 Å². The molecule has 0 aliphatic carbocycles. The summed E-state index contributed by atoms with van der Waals surface area (Å²) < 4.78 is 0. The fraction of sp³-hybridized carbons (Fsp3) is 1.00. The average molecular weight is 157 g/mol. The summed E-state index contributed by atoms with van der Waals surface area (Å²) in [5.41, 5.74) is 0. The summed E-state index contributed by atoms with van der Waals surface area (Å²) in [6.07, 6.45) is 5.61. The number of aliphatic hydroxyl groups is 1. The van der Waals surface area contributed by atoms with Crippen LogP contribution in [0.5, 0.6) is 0 Å². The molecule has 1 aliphatic rings. The van der Waals surface area contributed by atoms with E-state index in [1.807, 2.05) is 6.92 Å². The third-order valence-corrected chi connectivity index (χ3v) is 2.44. The smallest absolute Gasteiger partial charge is 0.0552 e. The Morgan fingerprint density at radius 1 is 1.55 bits per heavy atom. The quantitative estimate of drug-likeness (QED) is 0.647. The highest BCUT2D eigenvalue weighted by atomic mass is 16.3. The van der Waals surface area contributed by atoms with Crippen molar-refractivity contribution in [2.24, 2.45) is 0 Å². The van der Waals surface area contributed by atoms with Crippen LogP contribution >= 0.6 is 0 Å². The largest absolute Gasteiger partial charge is 0.393 e. The second kappa shape index (κ2) is 4.73. The molecule has 0 spiro atoms. The molecule has 1 aliphatic heterocycles. The van der Waals surface area contributed by atoms with Gasteiger partial charge in [0.1, 0.15) is 0 Å². The van der Waals surface area contributed by atoms with Gasteiger partial charge in [-0.1, -0.05) is 13.3 Å². The van der Waals surface area contributed by atoms with E-state index in [1.165, 1.54) is 19.3 Å². The van der Waals surface area contributed by atoms with Crippen LogP contribution in [0.1, 0.15) is 39.0 Å². The molecule has 1 fully saturated rings. The minimum atomic E-state index is -0.0920. The van der Waals surface area contributed by atoms with Gasteiger partial charge in [-0.2, -0.15) is 0 Å². The Morgan fingerprint density at radius 2 is 2.36 bits per heavy atom. The van der Waals surface area contributed by atoms with Crippen LogP contribution in [0, 0.1) is 0 Å². The molecule has 1 saturated heterocycles. The topological polar surface area (TPSA) is 32.3 Å². The lowest BCUT2D eigenvalue weighted by Gasteiger charge is -2.25. The number of piperidine rings is 1. The first kappa shape index (κ1) is 9.01. The van der Waals surface area contributed by atoms with Crippen LogP contribution in [-0.4, -0.2) is 23.8 Å². The zero-order valence-corrected chi connectivity index (χ0v) is 7.34. The summed E-state index contributed by atoms with van der Waals surface area (Å²) in [5, 5.41) is 12.8. The Bertz CT molecular complexity index is 99.7. The summed E-state index contributed by atoms with van der Waals surface area (Å²) in [5.74, 6) is 0. The van der Waals surface area contributed by atoms with Crippen LogP contribution in [0.3, 0.4) is 0 Å². The van der Waals surface area contributed by atoms with Crippen molar-refractivity contribution in [1.29, 1.82) is 0 Å². The van der Waals surface area contributed by atoms with Crippen molar-refractivity contribution in [2.45, 2.75) is 51.2 Å². The Balaban J connectivity index is 2.13. The number of aliphatic hydroxyl groups excluding tert-OH is 1. The van der Waals surface area contributed by atoms with Crippen LogP contribution in [0.15, 0.2) is 0 Å². The van der Waals surface area contributed by atoms with Gasteiger partial charge >= 0.3 is 0 Å². The fourth-order valence-corrected chi connectivity index (χ4v) is 1.62. The first-order chi connectivity index (χ1) is 5.33. The van der Waals surface area contributed by atoms with E-state index in [-0.39, 0.29) is 6.10 Å². The highest BCUT2D eigenvalue weighted by Crippen LogP contribution is 2.12. The lowest BCUT2D eigenvalue weighted by atomic mass is 9.98. The maximum absolute atomic E-state index is 9.37. The lowest BCUT2D eigenvalue weighted by molar-refractivity contribution is 0.139. The number of hydrogen-bond acceptors (Lipinski definition) is 2. The lowest BCUT2D eigenvalue weighted by Crippen LogP contribution is -2.36. The van der Waals surface area contributed by atoms with Crippen molar-refractivity contribution < 1.29 is 5.11 Å². The molecule has 2 nitrogen and oxygen atoms in total. The van der Waals surface area contributed by atoms with Crippen LogP contribution in [0.2, 0.25) is 0 Å². The van der Waals surface area contributed by atoms with Gasteiger partial charge in [0.05, 0.1) is 6.10 Å². The second-order valence-electron chi connectivity index (χ2n) is 3.44. The number of nitrogens with one attached hydrogen (secondary N) is 1. The Morgan fingerprint density at radius 3 is 2.91 bits per heavy atom. The summed E-state index contributed by atoms with van der Waals surface area (Å²) >= 11 is 0. The SMILES string of the molecule is CC[C@@H](O)C[C@H]1CCCCN1. The van der Waals surface area contributed by atoms with E-state index >= 15 is 0 Å². The van der Waals surface area contributed by atoms with Crippen molar-refractivity contribution in [2.75, 3.05) is 6.54 Å². The van der Waals surface area contributed by atoms with Crippen molar-refractivity contribution in [1.82, 2.24) is 5.32 Å². The van der Waals surface area contributed by atoms with Gasteiger partial charge in [0.15, 0.2) is 0 Å². The van der Waals surface area contributed by atoms with Gasteiger partial charge in [-0.15, -0.1) is 0 Å². The highest BCUT2D eigenvalue weighted by molar-refractivity contribution is 4.74. The molecule has 0 amide bonds. The summed E-state index contributed by atoms with van der Waals surface area (Å²) in [6.45, 7) is 3.18. The third-order valence-electron chi connectivity index (χ3n) is 2.44. The van der Waals surface area contributed by atoms with E-state index in [9.17, 15) is 5.11 Å². The molecule has 0 aromatic carbocycles. The second-order valence-corrected chi connectivity index (χ2v) is 3.44. The predicted octanol–water partition coefficient (Wildman–Crippen LogP) is 1.29. The maximum Gasteiger partial charge on any atom is 0.0552 e. The predicted molar refractivity (Wildman–Crippen MR) is 46.6 cm³/mol. The summed E-state index contributed by atoms with van der Waals surface area (Å²) in [4.78, 5) is 0. The molecule has 1 rings (SSSR count). The minimum absolute atomic E-state index is 0.0920. The van der Waals surface area contributed by atoms with Gasteiger partial charge in [0, 0.05) is 6.04 Å². The van der Waals surface area contributed by atoms with Crippen molar-refractivity contribution in [3.8, 4) is 0 Å². The first-order valence-corrected chi connectivity index (χ1v) is 4.74. The molecule has 0 aromatic heterocycles. The van der Waals surface area contributed by atoms with E-state index < -0.39 is 0 Å². The van der Waals surface area contributed by atoms with E-state index in [0.29, 0.717) is 6.04 Å². The molecule has 11 heavy (non-hydrogen) atoms. The van der Waals surface area contributed by atoms with Gasteiger partial charge in [0.25, 0.3) is 0 Å². The Hall–Kier alpha value is -0.0800. The van der Waals surface area contributed by atoms with Gasteiger partial charge in [-0.3, -0.25) is 0 Å². The maximum atomic E-state index is 9.37. The Labute approximate surface area is 69.0 Å². The van der Waals surface area contributed by atoms with Crippen LogP contribution in [-0.2, 0) is 0 Å². The van der Waals surface area contributed by atoms with Crippen molar-refractivity contribution in [3.63, 3.8) is 0 Å². The molecule has 1 heterocycles.